The maximum absolute atomic E-state index is 12.6. The monoisotopic (exact) mass is 382 g/mol. The summed E-state index contributed by atoms with van der Waals surface area (Å²) in [6, 6.07) is 6.70. The molecule has 7 heteroatoms. The minimum atomic E-state index is -3.67. The van der Waals surface area contributed by atoms with Gasteiger partial charge >= 0.3 is 0 Å². The van der Waals surface area contributed by atoms with Crippen molar-refractivity contribution in [1.82, 2.24) is 9.62 Å². The average molecular weight is 383 g/mol. The van der Waals surface area contributed by atoms with Gasteiger partial charge in [-0.2, -0.15) is 4.31 Å². The molecule has 0 spiro atoms. The lowest BCUT2D eigenvalue weighted by Crippen LogP contribution is -3.06. The number of nitrogens with zero attached hydrogens (tertiary/aromatic N) is 1. The highest BCUT2D eigenvalue weighted by Crippen LogP contribution is 2.22. The fourth-order valence-electron chi connectivity index (χ4n) is 4.07. The van der Waals surface area contributed by atoms with Crippen LogP contribution in [0.5, 0.6) is 0 Å². The van der Waals surface area contributed by atoms with Crippen molar-refractivity contribution in [2.75, 3.05) is 13.6 Å². The molecule has 146 valence electrons. The number of nitrogens with one attached hydrogen (secondary N) is 1. The number of hydrogen-bond donors (Lipinski definition) is 2. The number of aryl methyl sites for hydroxylation is 1. The third kappa shape index (κ3) is 5.28. The number of benzene rings is 1. The highest BCUT2D eigenvalue weighted by Gasteiger charge is 2.42. The van der Waals surface area contributed by atoms with Gasteiger partial charge in [0, 0.05) is 25.9 Å². The number of rotatable bonds is 5. The van der Waals surface area contributed by atoms with Crippen LogP contribution in [0.15, 0.2) is 29.2 Å². The van der Waals surface area contributed by atoms with Crippen molar-refractivity contribution in [1.29, 1.82) is 0 Å². The van der Waals surface area contributed by atoms with Gasteiger partial charge in [0.05, 0.1) is 22.5 Å². The molecular formula is C19H32N3O3S+. The molecule has 1 heterocycles. The maximum atomic E-state index is 12.6. The Bertz CT molecular complexity index is 739. The van der Waals surface area contributed by atoms with Gasteiger partial charge < -0.3 is 10.6 Å². The first-order valence-corrected chi connectivity index (χ1v) is 10.4. The molecule has 26 heavy (non-hydrogen) atoms. The first-order valence-electron chi connectivity index (χ1n) is 9.00. The van der Waals surface area contributed by atoms with E-state index in [1.807, 2.05) is 6.92 Å². The SMILES string of the molecule is Cc1ccc(S(=O)(=O)N(C)CC(=O)NC2CC(C)(C)[NH2+]C(C)(C)C2)cc1. The van der Waals surface area contributed by atoms with Crippen molar-refractivity contribution >= 4 is 15.9 Å². The van der Waals surface area contributed by atoms with Crippen molar-refractivity contribution in [2.24, 2.45) is 0 Å². The Kier molecular flexibility index (Phi) is 5.85. The van der Waals surface area contributed by atoms with E-state index < -0.39 is 10.0 Å². The second-order valence-electron chi connectivity index (χ2n) is 8.87. The molecule has 3 N–H and O–H groups in total. The van der Waals surface area contributed by atoms with Crippen LogP contribution in [0.25, 0.3) is 0 Å². The van der Waals surface area contributed by atoms with E-state index in [-0.39, 0.29) is 34.5 Å². The van der Waals surface area contributed by atoms with E-state index in [4.69, 9.17) is 0 Å². The summed E-state index contributed by atoms with van der Waals surface area (Å²) in [6.07, 6.45) is 1.72. The Labute approximate surface area is 157 Å². The van der Waals surface area contributed by atoms with Crippen LogP contribution >= 0.6 is 0 Å². The number of amides is 1. The Hall–Kier alpha value is -1.44. The van der Waals surface area contributed by atoms with Crippen LogP contribution < -0.4 is 10.6 Å². The zero-order valence-electron chi connectivity index (χ0n) is 16.7. The lowest BCUT2D eigenvalue weighted by atomic mass is 9.79. The zero-order valence-corrected chi connectivity index (χ0v) is 17.5. The summed E-state index contributed by atoms with van der Waals surface area (Å²) in [5, 5.41) is 5.37. The normalized spacial score (nSPS) is 20.1. The molecular weight excluding hydrogens is 350 g/mol. The molecule has 0 radical (unpaired) electrons. The Morgan fingerprint density at radius 2 is 1.65 bits per heavy atom. The van der Waals surface area contributed by atoms with E-state index in [0.717, 1.165) is 22.7 Å². The molecule has 0 atom stereocenters. The Morgan fingerprint density at radius 3 is 2.15 bits per heavy atom. The minimum Gasteiger partial charge on any atom is -0.352 e. The van der Waals surface area contributed by atoms with Gasteiger partial charge in [-0.15, -0.1) is 0 Å². The second kappa shape index (κ2) is 7.29. The molecule has 1 aromatic carbocycles. The molecule has 0 saturated carbocycles. The average Bonchev–Trinajstić information content (AvgIpc) is 2.43. The lowest BCUT2D eigenvalue weighted by molar-refractivity contribution is -0.787. The fourth-order valence-corrected chi connectivity index (χ4v) is 5.20. The van der Waals surface area contributed by atoms with E-state index in [2.05, 4.69) is 38.3 Å². The smallest absolute Gasteiger partial charge is 0.243 e. The largest absolute Gasteiger partial charge is 0.352 e. The molecule has 1 aromatic rings. The fraction of sp³-hybridized carbons (Fsp3) is 0.632. The van der Waals surface area contributed by atoms with Crippen LogP contribution in [0.2, 0.25) is 0 Å². The molecule has 0 aromatic heterocycles. The van der Waals surface area contributed by atoms with Gasteiger partial charge in [-0.25, -0.2) is 8.42 Å². The van der Waals surface area contributed by atoms with Gasteiger partial charge in [0.25, 0.3) is 0 Å². The molecule has 6 nitrogen and oxygen atoms in total. The number of quaternary nitrogens is 1. The number of carbonyl (C=O) groups excluding carboxylic acids is 1. The third-order valence-electron chi connectivity index (χ3n) is 4.79. The number of sulfonamides is 1. The molecule has 0 unspecified atom stereocenters. The van der Waals surface area contributed by atoms with E-state index in [1.54, 1.807) is 24.3 Å². The number of carbonyl (C=O) groups is 1. The zero-order chi connectivity index (χ0) is 19.8. The van der Waals surface area contributed by atoms with E-state index >= 15 is 0 Å². The molecule has 0 aliphatic carbocycles. The van der Waals surface area contributed by atoms with Gasteiger partial charge in [0.1, 0.15) is 0 Å². The van der Waals surface area contributed by atoms with Crippen molar-refractivity contribution < 1.29 is 18.5 Å². The first kappa shape index (κ1) is 20.9. The first-order chi connectivity index (χ1) is 11.8. The summed E-state index contributed by atoms with van der Waals surface area (Å²) in [4.78, 5) is 12.7. The Morgan fingerprint density at radius 1 is 1.15 bits per heavy atom. The molecule has 1 saturated heterocycles. The summed E-state index contributed by atoms with van der Waals surface area (Å²) in [5.74, 6) is -0.262. The number of piperidine rings is 1. The maximum Gasteiger partial charge on any atom is 0.243 e. The number of nitrogens with two attached hydrogens (primary N) is 1. The number of likely N-dealkylation sites (N-methyl/N-ethyl adjacent to an activating group) is 1. The highest BCUT2D eigenvalue weighted by molar-refractivity contribution is 7.89. The predicted octanol–water partition coefficient (Wildman–Crippen LogP) is 1.01. The van der Waals surface area contributed by atoms with E-state index in [9.17, 15) is 13.2 Å². The quantitative estimate of drug-likeness (QED) is 0.797. The molecule has 1 aliphatic heterocycles. The van der Waals surface area contributed by atoms with E-state index in [1.165, 1.54) is 7.05 Å². The molecule has 2 rings (SSSR count). The van der Waals surface area contributed by atoms with Crippen molar-refractivity contribution in [2.45, 2.75) is 69.5 Å². The summed E-state index contributed by atoms with van der Waals surface area (Å²) in [5.41, 5.74) is 1.07. The van der Waals surface area contributed by atoms with Crippen molar-refractivity contribution in [3.63, 3.8) is 0 Å². The van der Waals surface area contributed by atoms with Crippen LogP contribution in [-0.2, 0) is 14.8 Å². The van der Waals surface area contributed by atoms with Crippen LogP contribution in [0.3, 0.4) is 0 Å². The van der Waals surface area contributed by atoms with Crippen molar-refractivity contribution in [3.05, 3.63) is 29.8 Å². The molecule has 1 aliphatic rings. The van der Waals surface area contributed by atoms with Crippen LogP contribution in [0, 0.1) is 6.92 Å². The molecule has 1 amide bonds. The molecule has 1 fully saturated rings. The van der Waals surface area contributed by atoms with Gasteiger partial charge in [-0.1, -0.05) is 17.7 Å². The highest BCUT2D eigenvalue weighted by atomic mass is 32.2. The summed E-state index contributed by atoms with van der Waals surface area (Å²) in [6.45, 7) is 10.4. The molecule has 0 bridgehead atoms. The number of hydrogen-bond acceptors (Lipinski definition) is 3. The predicted molar refractivity (Wildman–Crippen MR) is 102 cm³/mol. The van der Waals surface area contributed by atoms with Gasteiger partial charge in [0.2, 0.25) is 15.9 Å². The third-order valence-corrected chi connectivity index (χ3v) is 6.60. The summed E-state index contributed by atoms with van der Waals surface area (Å²) < 4.78 is 26.3. The second-order valence-corrected chi connectivity index (χ2v) is 10.9. The minimum absolute atomic E-state index is 0.0412. The van der Waals surface area contributed by atoms with Crippen molar-refractivity contribution in [3.8, 4) is 0 Å². The van der Waals surface area contributed by atoms with Gasteiger partial charge in [0.15, 0.2) is 0 Å². The van der Waals surface area contributed by atoms with Crippen LogP contribution in [0.1, 0.15) is 46.1 Å². The van der Waals surface area contributed by atoms with Crippen LogP contribution in [0.4, 0.5) is 0 Å². The Balaban J connectivity index is 2.01. The topological polar surface area (TPSA) is 83.1 Å². The lowest BCUT2D eigenvalue weighted by Gasteiger charge is -2.43. The summed E-state index contributed by atoms with van der Waals surface area (Å²) in [7, 11) is -2.23. The van der Waals surface area contributed by atoms with Crippen LogP contribution in [-0.4, -0.2) is 49.3 Å². The standard InChI is InChI=1S/C19H31N3O3S/c1-14-7-9-16(10-8-14)26(24,25)22(6)13-17(23)20-15-11-18(2,3)21-19(4,5)12-15/h7-10,15,21H,11-13H2,1-6H3,(H,20,23)/p+1. The van der Waals surface area contributed by atoms with E-state index in [0.29, 0.717) is 0 Å². The van der Waals surface area contributed by atoms with Gasteiger partial charge in [-0.3, -0.25) is 4.79 Å². The van der Waals surface area contributed by atoms with Gasteiger partial charge in [-0.05, 0) is 46.8 Å². The summed E-state index contributed by atoms with van der Waals surface area (Å²) >= 11 is 0.